The molecule has 1 N–H and O–H groups in total. The summed E-state index contributed by atoms with van der Waals surface area (Å²) in [4.78, 5) is 0. The summed E-state index contributed by atoms with van der Waals surface area (Å²) in [6.07, 6.45) is 6.22. The highest BCUT2D eigenvalue weighted by atomic mass is 15.3. The van der Waals surface area contributed by atoms with Gasteiger partial charge in [-0.2, -0.15) is 0 Å². The first kappa shape index (κ1) is 9.58. The highest BCUT2D eigenvalue weighted by Crippen LogP contribution is 2.21. The number of hydrogen-bond donors (Lipinski definition) is 1. The maximum atomic E-state index is 5.74. The Balaban J connectivity index is 1.82. The van der Waals surface area contributed by atoms with Crippen LogP contribution >= 0.6 is 0 Å². The van der Waals surface area contributed by atoms with Crippen LogP contribution in [0.1, 0.15) is 12.8 Å². The van der Waals surface area contributed by atoms with Crippen molar-refractivity contribution in [1.29, 1.82) is 0 Å². The number of H-pyrrole nitrogens is 1. The lowest BCUT2D eigenvalue weighted by atomic mass is 9.85. The third-order valence-electron chi connectivity index (χ3n) is 3.08. The maximum absolute atomic E-state index is 5.74. The second-order valence-corrected chi connectivity index (χ2v) is 4.28. The number of allylic oxidation sites excluding steroid dienone is 4. The third kappa shape index (κ3) is 1.62. The Morgan fingerprint density at radius 1 is 1.19 bits per heavy atom. The highest BCUT2D eigenvalue weighted by molar-refractivity contribution is 6.21. The SMILES string of the molecule is [B]C1=CC=C(Cn2[nH]c3ccccc32)CC1. The van der Waals surface area contributed by atoms with E-state index in [1.54, 1.807) is 0 Å². The lowest BCUT2D eigenvalue weighted by molar-refractivity contribution is 0.651. The summed E-state index contributed by atoms with van der Waals surface area (Å²) in [7, 11) is 5.74. The number of nitrogens with zero attached hydrogens (tertiary/aromatic N) is 1. The predicted octanol–water partition coefficient (Wildman–Crippen LogP) is 2.74. The molecule has 0 atom stereocenters. The Kier molecular flexibility index (Phi) is 2.24. The van der Waals surface area contributed by atoms with E-state index in [9.17, 15) is 0 Å². The van der Waals surface area contributed by atoms with Gasteiger partial charge < -0.3 is 0 Å². The zero-order chi connectivity index (χ0) is 11.0. The molecule has 0 fully saturated rings. The maximum Gasteiger partial charge on any atom is 0.107 e. The molecule has 0 amide bonds. The van der Waals surface area contributed by atoms with E-state index in [1.165, 1.54) is 16.6 Å². The molecule has 0 saturated carbocycles. The predicted molar refractivity (Wildman–Crippen MR) is 67.4 cm³/mol. The molecule has 0 saturated heterocycles. The Hall–Kier alpha value is -1.64. The molecule has 1 aliphatic rings. The zero-order valence-electron chi connectivity index (χ0n) is 9.11. The van der Waals surface area contributed by atoms with Crippen LogP contribution < -0.4 is 0 Å². The fraction of sp³-hybridized carbons (Fsp3) is 0.231. The Labute approximate surface area is 96.0 Å². The summed E-state index contributed by atoms with van der Waals surface area (Å²) in [6, 6.07) is 8.35. The number of aromatic nitrogens is 2. The van der Waals surface area contributed by atoms with Crippen LogP contribution in [-0.2, 0) is 6.54 Å². The minimum Gasteiger partial charge on any atom is -0.296 e. The number of aromatic amines is 1. The lowest BCUT2D eigenvalue weighted by Crippen LogP contribution is -2.13. The molecule has 2 radical (unpaired) electrons. The minimum absolute atomic E-state index is 0.945. The van der Waals surface area contributed by atoms with E-state index in [0.717, 1.165) is 24.9 Å². The Bertz CT molecular complexity index is 572. The first-order chi connectivity index (χ1) is 7.83. The smallest absolute Gasteiger partial charge is 0.107 e. The van der Waals surface area contributed by atoms with Gasteiger partial charge in [-0.15, -0.1) is 5.47 Å². The van der Waals surface area contributed by atoms with Gasteiger partial charge in [0.05, 0.1) is 17.6 Å². The van der Waals surface area contributed by atoms with Crippen molar-refractivity contribution < 1.29 is 0 Å². The third-order valence-corrected chi connectivity index (χ3v) is 3.08. The van der Waals surface area contributed by atoms with Gasteiger partial charge in [0.15, 0.2) is 0 Å². The fourth-order valence-corrected chi connectivity index (χ4v) is 2.11. The normalized spacial score (nSPS) is 16.2. The molecular weight excluding hydrogens is 195 g/mol. The minimum atomic E-state index is 0.945. The van der Waals surface area contributed by atoms with Crippen molar-refractivity contribution in [3.63, 3.8) is 0 Å². The summed E-state index contributed by atoms with van der Waals surface area (Å²) >= 11 is 0. The molecule has 1 aromatic carbocycles. The summed E-state index contributed by atoms with van der Waals surface area (Å²) < 4.78 is 2.18. The van der Waals surface area contributed by atoms with Crippen molar-refractivity contribution in [2.45, 2.75) is 19.4 Å². The molecule has 16 heavy (non-hydrogen) atoms. The van der Waals surface area contributed by atoms with E-state index < -0.39 is 0 Å². The number of fused-ring (bicyclic) bond motifs is 1. The number of hydrogen-bond acceptors (Lipinski definition) is 0. The molecule has 0 aliphatic heterocycles. The topological polar surface area (TPSA) is 20.7 Å². The van der Waals surface area contributed by atoms with Gasteiger partial charge in [0, 0.05) is 0 Å². The van der Waals surface area contributed by atoms with Crippen LogP contribution in [0.3, 0.4) is 0 Å². The standard InChI is InChI=1S/C13H13BN2/c14-11-7-5-10(6-8-11)9-16-13-4-2-1-3-12(13)15-16/h1-5,7,15H,6,8-9H2. The number of rotatable bonds is 2. The molecular formula is C13H13BN2. The largest absolute Gasteiger partial charge is 0.296 e. The average Bonchev–Trinajstić information content (AvgIpc) is 2.28. The molecule has 1 aliphatic carbocycles. The summed E-state index contributed by atoms with van der Waals surface area (Å²) in [6.45, 7) is 0.945. The van der Waals surface area contributed by atoms with E-state index in [1.807, 2.05) is 12.1 Å². The molecule has 0 bridgehead atoms. The van der Waals surface area contributed by atoms with Crippen molar-refractivity contribution in [3.05, 3.63) is 47.5 Å². The first-order valence-electron chi connectivity index (χ1n) is 5.60. The molecule has 1 aromatic heterocycles. The monoisotopic (exact) mass is 208 g/mol. The molecule has 2 nitrogen and oxygen atoms in total. The van der Waals surface area contributed by atoms with Crippen molar-refractivity contribution >= 4 is 18.9 Å². The van der Waals surface area contributed by atoms with Crippen LogP contribution in [-0.4, -0.2) is 17.6 Å². The second kappa shape index (κ2) is 3.74. The van der Waals surface area contributed by atoms with Gasteiger partial charge in [-0.1, -0.05) is 24.3 Å². The van der Waals surface area contributed by atoms with Crippen molar-refractivity contribution in [2.75, 3.05) is 0 Å². The van der Waals surface area contributed by atoms with Gasteiger partial charge in [0.2, 0.25) is 0 Å². The Morgan fingerprint density at radius 3 is 2.81 bits per heavy atom. The van der Waals surface area contributed by atoms with Crippen LogP contribution in [0, 0.1) is 0 Å². The molecule has 1 heterocycles. The molecule has 0 unspecified atom stereocenters. The van der Waals surface area contributed by atoms with Crippen LogP contribution in [0.4, 0.5) is 0 Å². The average molecular weight is 208 g/mol. The lowest BCUT2D eigenvalue weighted by Gasteiger charge is -2.19. The quantitative estimate of drug-likeness (QED) is 0.732. The van der Waals surface area contributed by atoms with Gasteiger partial charge in [0.1, 0.15) is 7.85 Å². The number of nitrogens with one attached hydrogen (secondary N) is 1. The molecule has 3 rings (SSSR count). The van der Waals surface area contributed by atoms with Gasteiger partial charge in [-0.3, -0.25) is 9.78 Å². The van der Waals surface area contributed by atoms with Crippen LogP contribution in [0.5, 0.6) is 0 Å². The van der Waals surface area contributed by atoms with Crippen molar-refractivity contribution in [3.8, 4) is 0 Å². The molecule has 0 spiro atoms. The van der Waals surface area contributed by atoms with Gasteiger partial charge in [0.25, 0.3) is 0 Å². The summed E-state index contributed by atoms with van der Waals surface area (Å²) in [5, 5.41) is 3.32. The second-order valence-electron chi connectivity index (χ2n) is 4.28. The highest BCUT2D eigenvalue weighted by Gasteiger charge is 2.08. The van der Waals surface area contributed by atoms with Crippen LogP contribution in [0.25, 0.3) is 11.0 Å². The number of benzene rings is 1. The van der Waals surface area contributed by atoms with Gasteiger partial charge in [-0.25, -0.2) is 0 Å². The molecule has 78 valence electrons. The number of para-hydroxylation sites is 2. The summed E-state index contributed by atoms with van der Waals surface area (Å²) in [5.74, 6) is 0. The van der Waals surface area contributed by atoms with Gasteiger partial charge >= 0.3 is 0 Å². The van der Waals surface area contributed by atoms with E-state index in [0.29, 0.717) is 0 Å². The van der Waals surface area contributed by atoms with Crippen LogP contribution in [0.2, 0.25) is 0 Å². The van der Waals surface area contributed by atoms with Crippen molar-refractivity contribution in [1.82, 2.24) is 9.78 Å². The van der Waals surface area contributed by atoms with E-state index in [2.05, 4.69) is 34.1 Å². The Morgan fingerprint density at radius 2 is 2.06 bits per heavy atom. The van der Waals surface area contributed by atoms with Gasteiger partial charge in [-0.05, 0) is 30.5 Å². The fourth-order valence-electron chi connectivity index (χ4n) is 2.11. The van der Waals surface area contributed by atoms with E-state index in [4.69, 9.17) is 7.85 Å². The first-order valence-corrected chi connectivity index (χ1v) is 5.60. The van der Waals surface area contributed by atoms with E-state index in [-0.39, 0.29) is 0 Å². The molecule has 2 aromatic rings. The van der Waals surface area contributed by atoms with Crippen molar-refractivity contribution in [2.24, 2.45) is 0 Å². The van der Waals surface area contributed by atoms with Crippen LogP contribution in [0.15, 0.2) is 47.5 Å². The molecule has 3 heteroatoms. The zero-order valence-corrected chi connectivity index (χ0v) is 9.11. The van der Waals surface area contributed by atoms with E-state index >= 15 is 0 Å². The summed E-state index contributed by atoms with van der Waals surface area (Å²) in [5.41, 5.74) is 4.91.